The molecule has 0 aliphatic heterocycles. The van der Waals surface area contributed by atoms with Gasteiger partial charge in [-0.1, -0.05) is 65.7 Å². The molecule has 3 rings (SSSR count). The molecule has 0 saturated heterocycles. The normalized spacial score (nSPS) is 11.0. The summed E-state index contributed by atoms with van der Waals surface area (Å²) in [5, 5.41) is 12.7. The van der Waals surface area contributed by atoms with E-state index >= 15 is 0 Å². The maximum atomic E-state index is 12.4. The third kappa shape index (κ3) is 6.73. The van der Waals surface area contributed by atoms with E-state index in [4.69, 9.17) is 27.9 Å². The van der Waals surface area contributed by atoms with E-state index in [0.717, 1.165) is 14.7 Å². The van der Waals surface area contributed by atoms with Gasteiger partial charge in [0.15, 0.2) is 5.75 Å². The molecule has 1 amide bonds. The highest BCUT2D eigenvalue weighted by atomic mass is 127. The highest BCUT2D eigenvalue weighted by molar-refractivity contribution is 14.1. The maximum absolute atomic E-state index is 12.4. The van der Waals surface area contributed by atoms with Gasteiger partial charge in [0.2, 0.25) is 0 Å². The van der Waals surface area contributed by atoms with Crippen LogP contribution in [0.2, 0.25) is 10.0 Å². The average molecular weight is 563 g/mol. The lowest BCUT2D eigenvalue weighted by Gasteiger charge is -2.11. The van der Waals surface area contributed by atoms with Crippen molar-refractivity contribution in [2.24, 2.45) is 0 Å². The number of ether oxygens (including phenoxy) is 1. The molecule has 0 aliphatic carbocycles. The van der Waals surface area contributed by atoms with Crippen LogP contribution < -0.4 is 10.1 Å². The molecule has 0 atom stereocenters. The molecule has 0 bridgehead atoms. The van der Waals surface area contributed by atoms with Gasteiger partial charge in [-0.15, -0.1) is 0 Å². The minimum Gasteiger partial charge on any atom is -0.486 e. The van der Waals surface area contributed by atoms with E-state index in [0.29, 0.717) is 34.5 Å². The van der Waals surface area contributed by atoms with Gasteiger partial charge in [-0.05, 0) is 69.6 Å². The minimum absolute atomic E-state index is 0.0457. The summed E-state index contributed by atoms with van der Waals surface area (Å²) in [4.78, 5) is 12.4. The zero-order chi connectivity index (χ0) is 22.2. The molecular weight excluding hydrogens is 546 g/mol. The standard InChI is InChI=1S/C24H17Cl2IN2O2/c25-21-11-18(10-19(13-28)24(30)29-14-16-4-2-1-3-5-16)12-22(26)23(21)31-15-17-6-8-20(27)9-7-17/h1-12H,14-15H2,(H,29,30)/b19-10-. The van der Waals surface area contributed by atoms with Gasteiger partial charge in [-0.3, -0.25) is 4.79 Å². The second-order valence-electron chi connectivity index (χ2n) is 6.57. The van der Waals surface area contributed by atoms with E-state index in [9.17, 15) is 10.1 Å². The van der Waals surface area contributed by atoms with Crippen molar-refractivity contribution in [1.82, 2.24) is 5.32 Å². The van der Waals surface area contributed by atoms with Gasteiger partial charge < -0.3 is 10.1 Å². The molecule has 0 heterocycles. The summed E-state index contributed by atoms with van der Waals surface area (Å²) >= 11 is 14.9. The van der Waals surface area contributed by atoms with Crippen molar-refractivity contribution in [3.63, 3.8) is 0 Å². The fraction of sp³-hybridized carbons (Fsp3) is 0.0833. The van der Waals surface area contributed by atoms with Crippen LogP contribution in [-0.2, 0) is 17.9 Å². The van der Waals surface area contributed by atoms with E-state index in [2.05, 4.69) is 27.9 Å². The van der Waals surface area contributed by atoms with Gasteiger partial charge in [-0.25, -0.2) is 0 Å². The third-order valence-corrected chi connectivity index (χ3v) is 5.57. The number of nitrogens with one attached hydrogen (secondary N) is 1. The number of hydrogen-bond acceptors (Lipinski definition) is 3. The summed E-state index contributed by atoms with van der Waals surface area (Å²) in [5.74, 6) is -0.122. The van der Waals surface area contributed by atoms with Crippen LogP contribution in [0.1, 0.15) is 16.7 Å². The van der Waals surface area contributed by atoms with Gasteiger partial charge >= 0.3 is 0 Å². The molecule has 156 valence electrons. The Kier molecular flexibility index (Phi) is 8.35. The highest BCUT2D eigenvalue weighted by Crippen LogP contribution is 2.35. The van der Waals surface area contributed by atoms with E-state index in [-0.39, 0.29) is 5.57 Å². The largest absolute Gasteiger partial charge is 0.486 e. The maximum Gasteiger partial charge on any atom is 0.262 e. The topological polar surface area (TPSA) is 62.1 Å². The number of amides is 1. The van der Waals surface area contributed by atoms with E-state index in [1.54, 1.807) is 12.1 Å². The lowest BCUT2D eigenvalue weighted by molar-refractivity contribution is -0.117. The molecule has 0 saturated carbocycles. The number of nitriles is 1. The Morgan fingerprint density at radius 1 is 1.03 bits per heavy atom. The number of hydrogen-bond donors (Lipinski definition) is 1. The summed E-state index contributed by atoms with van der Waals surface area (Å²) < 4.78 is 6.92. The molecule has 0 unspecified atom stereocenters. The van der Waals surface area contributed by atoms with Gasteiger partial charge in [-0.2, -0.15) is 5.26 Å². The van der Waals surface area contributed by atoms with Gasteiger partial charge in [0.1, 0.15) is 18.2 Å². The predicted molar refractivity (Wildman–Crippen MR) is 132 cm³/mol. The SMILES string of the molecule is N#C/C(=C/c1cc(Cl)c(OCc2ccc(I)cc2)c(Cl)c1)C(=O)NCc1ccccc1. The van der Waals surface area contributed by atoms with E-state index in [1.165, 1.54) is 6.08 Å². The van der Waals surface area contributed by atoms with Crippen LogP contribution in [0.25, 0.3) is 6.08 Å². The van der Waals surface area contributed by atoms with Crippen molar-refractivity contribution in [2.45, 2.75) is 13.2 Å². The molecule has 0 aromatic heterocycles. The second-order valence-corrected chi connectivity index (χ2v) is 8.63. The van der Waals surface area contributed by atoms with Crippen LogP contribution in [0.15, 0.2) is 72.3 Å². The van der Waals surface area contributed by atoms with Crippen molar-refractivity contribution in [1.29, 1.82) is 5.26 Å². The lowest BCUT2D eigenvalue weighted by Crippen LogP contribution is -2.23. The Labute approximate surface area is 204 Å². The molecule has 7 heteroatoms. The van der Waals surface area contributed by atoms with Crippen molar-refractivity contribution >= 4 is 57.8 Å². The fourth-order valence-corrected chi connectivity index (χ4v) is 3.70. The Balaban J connectivity index is 1.71. The molecular formula is C24H17Cl2IN2O2. The number of carbonyl (C=O) groups excluding carboxylic acids is 1. The van der Waals surface area contributed by atoms with Gasteiger partial charge in [0.25, 0.3) is 5.91 Å². The van der Waals surface area contributed by atoms with Gasteiger partial charge in [0.05, 0.1) is 10.0 Å². The van der Waals surface area contributed by atoms with E-state index < -0.39 is 5.91 Å². The second kappa shape index (κ2) is 11.2. The molecule has 0 spiro atoms. The van der Waals surface area contributed by atoms with Crippen LogP contribution >= 0.6 is 45.8 Å². The molecule has 4 nitrogen and oxygen atoms in total. The smallest absolute Gasteiger partial charge is 0.262 e. The summed E-state index contributed by atoms with van der Waals surface area (Å²) in [6, 6.07) is 22.5. The predicted octanol–water partition coefficient (Wildman–Crippen LogP) is 6.40. The lowest BCUT2D eigenvalue weighted by atomic mass is 10.1. The third-order valence-electron chi connectivity index (χ3n) is 4.29. The molecule has 1 N–H and O–H groups in total. The highest BCUT2D eigenvalue weighted by Gasteiger charge is 2.13. The first-order valence-electron chi connectivity index (χ1n) is 9.26. The zero-order valence-electron chi connectivity index (χ0n) is 16.2. The minimum atomic E-state index is -0.474. The molecule has 0 aliphatic rings. The number of halogens is 3. The molecule has 3 aromatic rings. The number of rotatable bonds is 7. The molecule has 0 radical (unpaired) electrons. The summed E-state index contributed by atoms with van der Waals surface area (Å²) in [6.45, 7) is 0.641. The van der Waals surface area contributed by atoms with E-state index in [1.807, 2.05) is 60.7 Å². The Hall–Kier alpha value is -2.53. The van der Waals surface area contributed by atoms with Crippen molar-refractivity contribution in [3.05, 3.63) is 103 Å². The Bertz CT molecular complexity index is 1120. The van der Waals surface area contributed by atoms with Crippen molar-refractivity contribution < 1.29 is 9.53 Å². The molecule has 3 aromatic carbocycles. The average Bonchev–Trinajstić information content (AvgIpc) is 2.77. The van der Waals surface area contributed by atoms with Crippen LogP contribution in [-0.4, -0.2) is 5.91 Å². The zero-order valence-corrected chi connectivity index (χ0v) is 19.9. The van der Waals surface area contributed by atoms with Gasteiger partial charge in [0, 0.05) is 10.1 Å². The number of nitrogens with zero attached hydrogens (tertiary/aromatic N) is 1. The van der Waals surface area contributed by atoms with Crippen LogP contribution in [0.3, 0.4) is 0 Å². The quantitative estimate of drug-likeness (QED) is 0.206. The Morgan fingerprint density at radius 3 is 2.29 bits per heavy atom. The molecule has 0 fully saturated rings. The monoisotopic (exact) mass is 562 g/mol. The fourth-order valence-electron chi connectivity index (χ4n) is 2.73. The summed E-state index contributed by atoms with van der Waals surface area (Å²) in [6.07, 6.45) is 1.45. The summed E-state index contributed by atoms with van der Waals surface area (Å²) in [5.41, 5.74) is 2.41. The first-order valence-corrected chi connectivity index (χ1v) is 11.1. The first-order chi connectivity index (χ1) is 15.0. The Morgan fingerprint density at radius 2 is 1.68 bits per heavy atom. The number of benzene rings is 3. The molecule has 31 heavy (non-hydrogen) atoms. The number of carbonyl (C=O) groups is 1. The van der Waals surface area contributed by atoms with Crippen LogP contribution in [0, 0.1) is 14.9 Å². The van der Waals surface area contributed by atoms with Crippen molar-refractivity contribution in [3.8, 4) is 11.8 Å². The van der Waals surface area contributed by atoms with Crippen LogP contribution in [0.4, 0.5) is 0 Å². The van der Waals surface area contributed by atoms with Crippen molar-refractivity contribution in [2.75, 3.05) is 0 Å². The van der Waals surface area contributed by atoms with Crippen LogP contribution in [0.5, 0.6) is 5.75 Å². The first kappa shape index (κ1) is 23.1. The summed E-state index contributed by atoms with van der Waals surface area (Å²) in [7, 11) is 0.